The Balaban J connectivity index is 2.06. The van der Waals surface area contributed by atoms with Gasteiger partial charge in [0.25, 0.3) is 0 Å². The summed E-state index contributed by atoms with van der Waals surface area (Å²) in [7, 11) is 0. The summed E-state index contributed by atoms with van der Waals surface area (Å²) in [4.78, 5) is 11.8. The zero-order valence-corrected chi connectivity index (χ0v) is 8.49. The number of para-hydroxylation sites is 1. The minimum absolute atomic E-state index is 0.119. The maximum absolute atomic E-state index is 11.8. The minimum Gasteiger partial charge on any atom is -0.325 e. The molecular formula is C12H14N2O. The minimum atomic E-state index is 0.119. The summed E-state index contributed by atoms with van der Waals surface area (Å²) in [6.45, 7) is 1.02. The second-order valence-corrected chi connectivity index (χ2v) is 4.26. The van der Waals surface area contributed by atoms with Crippen LogP contribution >= 0.6 is 0 Å². The number of rotatable bonds is 0. The maximum Gasteiger partial charge on any atom is 0.229 e. The van der Waals surface area contributed by atoms with Crippen LogP contribution in [-0.4, -0.2) is 12.5 Å². The van der Waals surface area contributed by atoms with Crippen LogP contribution < -0.4 is 10.6 Å². The number of hydrogen-bond acceptors (Lipinski definition) is 2. The topological polar surface area (TPSA) is 41.1 Å². The van der Waals surface area contributed by atoms with Crippen molar-refractivity contribution in [2.24, 2.45) is 5.92 Å². The Hall–Kier alpha value is -1.35. The number of nitrogens with one attached hydrogen (secondary N) is 2. The predicted molar refractivity (Wildman–Crippen MR) is 58.5 cm³/mol. The van der Waals surface area contributed by atoms with E-state index in [1.807, 2.05) is 18.2 Å². The fraction of sp³-hybridized carbons (Fsp3) is 0.417. The highest BCUT2D eigenvalue weighted by atomic mass is 16.2. The van der Waals surface area contributed by atoms with Crippen molar-refractivity contribution in [2.75, 3.05) is 11.9 Å². The van der Waals surface area contributed by atoms with Gasteiger partial charge >= 0.3 is 0 Å². The predicted octanol–water partition coefficient (Wildman–Crippen LogP) is 1.68. The third kappa shape index (κ3) is 1.35. The van der Waals surface area contributed by atoms with Crippen molar-refractivity contribution in [1.29, 1.82) is 0 Å². The van der Waals surface area contributed by atoms with Gasteiger partial charge in [0.1, 0.15) is 0 Å². The van der Waals surface area contributed by atoms with Crippen LogP contribution in [0.2, 0.25) is 0 Å². The van der Waals surface area contributed by atoms with Crippen LogP contribution in [0.15, 0.2) is 24.3 Å². The van der Waals surface area contributed by atoms with Crippen molar-refractivity contribution in [3.63, 3.8) is 0 Å². The SMILES string of the molecule is O=C1Nc2ccccc2C2NCCCC12. The quantitative estimate of drug-likeness (QED) is 0.672. The van der Waals surface area contributed by atoms with E-state index in [4.69, 9.17) is 0 Å². The summed E-state index contributed by atoms with van der Waals surface area (Å²) in [6, 6.07) is 8.29. The summed E-state index contributed by atoms with van der Waals surface area (Å²) >= 11 is 0. The lowest BCUT2D eigenvalue weighted by molar-refractivity contribution is -0.122. The fourth-order valence-electron chi connectivity index (χ4n) is 2.61. The lowest BCUT2D eigenvalue weighted by Crippen LogP contribution is -2.43. The second kappa shape index (κ2) is 3.35. The van der Waals surface area contributed by atoms with Gasteiger partial charge < -0.3 is 10.6 Å². The number of amides is 1. The van der Waals surface area contributed by atoms with Gasteiger partial charge in [-0.15, -0.1) is 0 Å². The van der Waals surface area contributed by atoms with Gasteiger partial charge in [0.15, 0.2) is 0 Å². The molecule has 2 aliphatic rings. The molecule has 0 saturated carbocycles. The first kappa shape index (κ1) is 8.92. The molecule has 0 bridgehead atoms. The smallest absolute Gasteiger partial charge is 0.229 e. The van der Waals surface area contributed by atoms with Crippen molar-refractivity contribution in [1.82, 2.24) is 5.32 Å². The molecule has 0 aromatic heterocycles. The highest BCUT2D eigenvalue weighted by molar-refractivity contribution is 5.96. The zero-order valence-electron chi connectivity index (χ0n) is 8.49. The van der Waals surface area contributed by atoms with Crippen LogP contribution in [0, 0.1) is 5.92 Å². The first-order valence-corrected chi connectivity index (χ1v) is 5.49. The molecule has 3 nitrogen and oxygen atoms in total. The summed E-state index contributed by atoms with van der Waals surface area (Å²) in [5.41, 5.74) is 2.21. The molecule has 1 saturated heterocycles. The standard InChI is InChI=1S/C12H14N2O/c15-12-9-5-3-7-13-11(9)8-4-1-2-6-10(8)14-12/h1-2,4,6,9,11,13H,3,5,7H2,(H,14,15). The molecule has 1 aromatic rings. The van der Waals surface area contributed by atoms with Crippen molar-refractivity contribution in [3.05, 3.63) is 29.8 Å². The average Bonchev–Trinajstić information content (AvgIpc) is 2.30. The number of piperidine rings is 1. The van der Waals surface area contributed by atoms with Gasteiger partial charge in [-0.25, -0.2) is 0 Å². The van der Waals surface area contributed by atoms with Crippen LogP contribution in [0.5, 0.6) is 0 Å². The van der Waals surface area contributed by atoms with Gasteiger partial charge in [-0.05, 0) is 31.0 Å². The molecule has 0 aliphatic carbocycles. The lowest BCUT2D eigenvalue weighted by atomic mass is 9.82. The molecule has 2 unspecified atom stereocenters. The van der Waals surface area contributed by atoms with Gasteiger partial charge in [0.05, 0.1) is 5.92 Å². The highest BCUT2D eigenvalue weighted by Gasteiger charge is 2.36. The van der Waals surface area contributed by atoms with E-state index < -0.39 is 0 Å². The molecule has 2 atom stereocenters. The van der Waals surface area contributed by atoms with E-state index in [2.05, 4.69) is 16.7 Å². The van der Waals surface area contributed by atoms with E-state index in [-0.39, 0.29) is 17.9 Å². The highest BCUT2D eigenvalue weighted by Crippen LogP contribution is 2.37. The van der Waals surface area contributed by atoms with Gasteiger partial charge in [0, 0.05) is 11.7 Å². The van der Waals surface area contributed by atoms with Crippen LogP contribution in [0.25, 0.3) is 0 Å². The Morgan fingerprint density at radius 2 is 2.13 bits per heavy atom. The van der Waals surface area contributed by atoms with Crippen LogP contribution in [0.4, 0.5) is 5.69 Å². The normalized spacial score (nSPS) is 28.9. The van der Waals surface area contributed by atoms with Gasteiger partial charge in [-0.2, -0.15) is 0 Å². The molecule has 2 aliphatic heterocycles. The van der Waals surface area contributed by atoms with Crippen molar-refractivity contribution in [2.45, 2.75) is 18.9 Å². The Labute approximate surface area is 88.9 Å². The van der Waals surface area contributed by atoms with E-state index in [1.165, 1.54) is 5.56 Å². The number of hydrogen-bond donors (Lipinski definition) is 2. The molecule has 15 heavy (non-hydrogen) atoms. The number of benzene rings is 1. The van der Waals surface area contributed by atoms with Crippen LogP contribution in [-0.2, 0) is 4.79 Å². The Kier molecular flexibility index (Phi) is 1.99. The van der Waals surface area contributed by atoms with Crippen LogP contribution in [0.1, 0.15) is 24.4 Å². The number of carbonyl (C=O) groups is 1. The van der Waals surface area contributed by atoms with E-state index in [9.17, 15) is 4.79 Å². The van der Waals surface area contributed by atoms with Gasteiger partial charge in [0.2, 0.25) is 5.91 Å². The Morgan fingerprint density at radius 1 is 1.27 bits per heavy atom. The van der Waals surface area contributed by atoms with E-state index >= 15 is 0 Å². The van der Waals surface area contributed by atoms with Crippen LogP contribution in [0.3, 0.4) is 0 Å². The third-order valence-electron chi connectivity index (χ3n) is 3.35. The fourth-order valence-corrected chi connectivity index (χ4v) is 2.61. The summed E-state index contributed by atoms with van der Waals surface area (Å²) in [5.74, 6) is 0.291. The van der Waals surface area contributed by atoms with Crippen molar-refractivity contribution < 1.29 is 4.79 Å². The second-order valence-electron chi connectivity index (χ2n) is 4.26. The monoisotopic (exact) mass is 202 g/mol. The summed E-state index contributed by atoms with van der Waals surface area (Å²) < 4.78 is 0. The molecular weight excluding hydrogens is 188 g/mol. The first-order valence-electron chi connectivity index (χ1n) is 5.49. The molecule has 3 rings (SSSR count). The zero-order chi connectivity index (χ0) is 10.3. The molecule has 0 radical (unpaired) electrons. The third-order valence-corrected chi connectivity index (χ3v) is 3.35. The molecule has 1 fully saturated rings. The van der Waals surface area contributed by atoms with Crippen molar-refractivity contribution in [3.8, 4) is 0 Å². The lowest BCUT2D eigenvalue weighted by Gasteiger charge is -2.36. The van der Waals surface area contributed by atoms with Gasteiger partial charge in [-0.1, -0.05) is 18.2 Å². The molecule has 0 spiro atoms. The Bertz CT molecular complexity index is 402. The molecule has 2 heterocycles. The number of carbonyl (C=O) groups excluding carboxylic acids is 1. The molecule has 1 aromatic carbocycles. The molecule has 78 valence electrons. The summed E-state index contributed by atoms with van der Waals surface area (Å²) in [6.07, 6.45) is 2.09. The largest absolute Gasteiger partial charge is 0.325 e. The van der Waals surface area contributed by atoms with E-state index in [0.717, 1.165) is 25.1 Å². The van der Waals surface area contributed by atoms with E-state index in [1.54, 1.807) is 0 Å². The molecule has 2 N–H and O–H groups in total. The van der Waals surface area contributed by atoms with Gasteiger partial charge in [-0.3, -0.25) is 4.79 Å². The van der Waals surface area contributed by atoms with E-state index in [0.29, 0.717) is 0 Å². The molecule has 1 amide bonds. The Morgan fingerprint density at radius 3 is 3.07 bits per heavy atom. The molecule has 3 heteroatoms. The average molecular weight is 202 g/mol. The number of fused-ring (bicyclic) bond motifs is 3. The van der Waals surface area contributed by atoms with Crippen molar-refractivity contribution >= 4 is 11.6 Å². The maximum atomic E-state index is 11.8. The number of anilines is 1. The first-order chi connectivity index (χ1) is 7.36. The summed E-state index contributed by atoms with van der Waals surface area (Å²) in [5, 5.41) is 6.43.